The highest BCUT2D eigenvalue weighted by Crippen LogP contribution is 2.34. The molecule has 1 aliphatic heterocycles. The minimum absolute atomic E-state index is 0.211. The third kappa shape index (κ3) is 2.14. The summed E-state index contributed by atoms with van der Waals surface area (Å²) in [6, 6.07) is 5.65. The third-order valence-electron chi connectivity index (χ3n) is 3.54. The van der Waals surface area contributed by atoms with Gasteiger partial charge in [0.1, 0.15) is 0 Å². The first kappa shape index (κ1) is 11.3. The summed E-state index contributed by atoms with van der Waals surface area (Å²) in [5, 5.41) is 12.9. The Morgan fingerprint density at radius 3 is 2.94 bits per heavy atom. The van der Waals surface area contributed by atoms with Gasteiger partial charge in [-0.3, -0.25) is 0 Å². The molecule has 2 rings (SSSR count). The molecule has 88 valence electrons. The summed E-state index contributed by atoms with van der Waals surface area (Å²) in [4.78, 5) is 0. The van der Waals surface area contributed by atoms with Gasteiger partial charge in [-0.1, -0.05) is 13.0 Å². The van der Waals surface area contributed by atoms with E-state index in [0.29, 0.717) is 17.6 Å². The number of methoxy groups -OCH3 is 1. The lowest BCUT2D eigenvalue weighted by atomic mass is 9.87. The summed E-state index contributed by atoms with van der Waals surface area (Å²) in [5.41, 5.74) is 1.24. The molecule has 16 heavy (non-hydrogen) atoms. The van der Waals surface area contributed by atoms with E-state index in [1.54, 1.807) is 13.2 Å². The third-order valence-corrected chi connectivity index (χ3v) is 3.54. The number of phenolic OH excluding ortho intramolecular Hbond substituents is 1. The fraction of sp³-hybridized carbons (Fsp3) is 0.538. The van der Waals surface area contributed by atoms with Gasteiger partial charge in [-0.05, 0) is 49.0 Å². The van der Waals surface area contributed by atoms with E-state index in [-0.39, 0.29) is 5.75 Å². The van der Waals surface area contributed by atoms with Crippen LogP contribution in [0.1, 0.15) is 24.8 Å². The van der Waals surface area contributed by atoms with Crippen LogP contribution in [-0.2, 0) is 0 Å². The molecular weight excluding hydrogens is 202 g/mol. The maximum Gasteiger partial charge on any atom is 0.160 e. The molecular formula is C13H19NO2. The summed E-state index contributed by atoms with van der Waals surface area (Å²) in [6.07, 6.45) is 1.23. The van der Waals surface area contributed by atoms with Crippen molar-refractivity contribution in [1.82, 2.24) is 5.32 Å². The van der Waals surface area contributed by atoms with Crippen LogP contribution in [0.2, 0.25) is 0 Å². The highest BCUT2D eigenvalue weighted by molar-refractivity contribution is 5.42. The van der Waals surface area contributed by atoms with E-state index in [4.69, 9.17) is 4.74 Å². The highest BCUT2D eigenvalue weighted by Gasteiger charge is 2.23. The molecule has 1 aromatic rings. The topological polar surface area (TPSA) is 41.5 Å². The first-order chi connectivity index (χ1) is 7.72. The van der Waals surface area contributed by atoms with Gasteiger partial charge in [0.05, 0.1) is 7.11 Å². The summed E-state index contributed by atoms with van der Waals surface area (Å²) in [7, 11) is 1.58. The van der Waals surface area contributed by atoms with Crippen LogP contribution in [0, 0.1) is 5.92 Å². The van der Waals surface area contributed by atoms with Crippen LogP contribution in [0.3, 0.4) is 0 Å². The van der Waals surface area contributed by atoms with Crippen molar-refractivity contribution in [1.29, 1.82) is 0 Å². The fourth-order valence-electron chi connectivity index (χ4n) is 2.35. The van der Waals surface area contributed by atoms with Gasteiger partial charge in [0.2, 0.25) is 0 Å². The second kappa shape index (κ2) is 4.74. The van der Waals surface area contributed by atoms with Crippen molar-refractivity contribution in [3.8, 4) is 11.5 Å². The lowest BCUT2D eigenvalue weighted by molar-refractivity contribution is 0.371. The molecule has 1 saturated heterocycles. The Bertz CT molecular complexity index is 359. The van der Waals surface area contributed by atoms with Crippen molar-refractivity contribution < 1.29 is 9.84 Å². The van der Waals surface area contributed by atoms with E-state index in [1.807, 2.05) is 12.1 Å². The molecule has 1 heterocycles. The van der Waals surface area contributed by atoms with Crippen LogP contribution in [-0.4, -0.2) is 25.3 Å². The van der Waals surface area contributed by atoms with Crippen molar-refractivity contribution >= 4 is 0 Å². The van der Waals surface area contributed by atoms with Crippen LogP contribution in [0.15, 0.2) is 18.2 Å². The Kier molecular flexibility index (Phi) is 3.34. The van der Waals surface area contributed by atoms with Gasteiger partial charge in [0, 0.05) is 0 Å². The Balaban J connectivity index is 2.19. The minimum atomic E-state index is 0.211. The molecule has 1 aliphatic rings. The van der Waals surface area contributed by atoms with Crippen molar-refractivity contribution in [2.45, 2.75) is 19.3 Å². The first-order valence-electron chi connectivity index (χ1n) is 5.80. The van der Waals surface area contributed by atoms with Crippen molar-refractivity contribution in [3.05, 3.63) is 23.8 Å². The smallest absolute Gasteiger partial charge is 0.160 e. The zero-order valence-electron chi connectivity index (χ0n) is 9.86. The van der Waals surface area contributed by atoms with Crippen LogP contribution < -0.4 is 10.1 Å². The van der Waals surface area contributed by atoms with Crippen molar-refractivity contribution in [3.63, 3.8) is 0 Å². The quantitative estimate of drug-likeness (QED) is 0.821. The number of ether oxygens (including phenoxy) is 1. The van der Waals surface area contributed by atoms with Gasteiger partial charge >= 0.3 is 0 Å². The van der Waals surface area contributed by atoms with Crippen LogP contribution in [0.5, 0.6) is 11.5 Å². The van der Waals surface area contributed by atoms with E-state index in [9.17, 15) is 5.11 Å². The summed E-state index contributed by atoms with van der Waals surface area (Å²) in [5.74, 6) is 1.97. The van der Waals surface area contributed by atoms with E-state index in [1.165, 1.54) is 12.0 Å². The fourth-order valence-corrected chi connectivity index (χ4v) is 2.35. The summed E-state index contributed by atoms with van der Waals surface area (Å²) < 4.78 is 5.13. The molecule has 0 radical (unpaired) electrons. The standard InChI is InChI=1S/C13H19NO2/c1-9(11-5-6-14-8-11)10-3-4-12(15)13(7-10)16-2/h3-4,7,9,11,14-15H,5-6,8H2,1-2H3. The van der Waals surface area contributed by atoms with Crippen LogP contribution in [0.4, 0.5) is 0 Å². The van der Waals surface area contributed by atoms with E-state index in [0.717, 1.165) is 13.1 Å². The Labute approximate surface area is 96.4 Å². The second-order valence-corrected chi connectivity index (χ2v) is 4.47. The lowest BCUT2D eigenvalue weighted by Crippen LogP contribution is -2.14. The van der Waals surface area contributed by atoms with E-state index >= 15 is 0 Å². The van der Waals surface area contributed by atoms with Gasteiger partial charge in [-0.15, -0.1) is 0 Å². The second-order valence-electron chi connectivity index (χ2n) is 4.47. The number of rotatable bonds is 3. The lowest BCUT2D eigenvalue weighted by Gasteiger charge is -2.19. The zero-order valence-corrected chi connectivity index (χ0v) is 9.86. The van der Waals surface area contributed by atoms with Gasteiger partial charge in [-0.2, -0.15) is 0 Å². The molecule has 0 spiro atoms. The predicted octanol–water partition coefficient (Wildman–Crippen LogP) is 2.11. The molecule has 0 saturated carbocycles. The molecule has 2 atom stereocenters. The number of benzene rings is 1. The number of phenols is 1. The van der Waals surface area contributed by atoms with Gasteiger partial charge in [-0.25, -0.2) is 0 Å². The molecule has 1 aromatic carbocycles. The molecule has 0 amide bonds. The van der Waals surface area contributed by atoms with Gasteiger partial charge in [0.15, 0.2) is 11.5 Å². The number of nitrogens with one attached hydrogen (secondary N) is 1. The minimum Gasteiger partial charge on any atom is -0.504 e. The molecule has 1 fully saturated rings. The summed E-state index contributed by atoms with van der Waals surface area (Å²) >= 11 is 0. The normalized spacial score (nSPS) is 22.0. The Morgan fingerprint density at radius 2 is 2.31 bits per heavy atom. The van der Waals surface area contributed by atoms with Crippen LogP contribution in [0.25, 0.3) is 0 Å². The highest BCUT2D eigenvalue weighted by atomic mass is 16.5. The van der Waals surface area contributed by atoms with Crippen molar-refractivity contribution in [2.24, 2.45) is 5.92 Å². The molecule has 3 nitrogen and oxygen atoms in total. The molecule has 0 bridgehead atoms. The van der Waals surface area contributed by atoms with Gasteiger partial charge in [0.25, 0.3) is 0 Å². The molecule has 2 unspecified atom stereocenters. The number of hydrogen-bond donors (Lipinski definition) is 2. The number of hydrogen-bond acceptors (Lipinski definition) is 3. The van der Waals surface area contributed by atoms with Gasteiger partial charge < -0.3 is 15.2 Å². The monoisotopic (exact) mass is 221 g/mol. The molecule has 0 aromatic heterocycles. The first-order valence-corrected chi connectivity index (χ1v) is 5.80. The Hall–Kier alpha value is -1.22. The maximum absolute atomic E-state index is 9.54. The van der Waals surface area contributed by atoms with Crippen LogP contribution >= 0.6 is 0 Å². The van der Waals surface area contributed by atoms with Crippen molar-refractivity contribution in [2.75, 3.05) is 20.2 Å². The zero-order chi connectivity index (χ0) is 11.5. The largest absolute Gasteiger partial charge is 0.504 e. The van der Waals surface area contributed by atoms with E-state index in [2.05, 4.69) is 12.2 Å². The summed E-state index contributed by atoms with van der Waals surface area (Å²) in [6.45, 7) is 4.44. The molecule has 2 N–H and O–H groups in total. The molecule has 3 heteroatoms. The maximum atomic E-state index is 9.54. The van der Waals surface area contributed by atoms with E-state index < -0.39 is 0 Å². The Morgan fingerprint density at radius 1 is 1.50 bits per heavy atom. The molecule has 0 aliphatic carbocycles. The average Bonchev–Trinajstić information content (AvgIpc) is 2.82. The SMILES string of the molecule is COc1cc(C(C)C2CCNC2)ccc1O. The number of aromatic hydroxyl groups is 1. The predicted molar refractivity (Wildman–Crippen MR) is 64.1 cm³/mol. The average molecular weight is 221 g/mol.